The molecule has 2 aromatic rings. The van der Waals surface area contributed by atoms with Gasteiger partial charge in [-0.25, -0.2) is 9.79 Å². The first-order valence-electron chi connectivity index (χ1n) is 32.9. The number of aliphatic hydroxyl groups is 2. The molecule has 20 N–H and O–H groups in total. The molecule has 0 radical (unpaired) electrons. The Labute approximate surface area is 561 Å². The van der Waals surface area contributed by atoms with Crippen molar-refractivity contribution in [3.8, 4) is 11.1 Å². The highest BCUT2D eigenvalue weighted by molar-refractivity contribution is 5.99. The molecule has 2 heterocycles. The zero-order valence-electron chi connectivity index (χ0n) is 56.9. The number of ether oxygens (including phenoxy) is 1. The minimum Gasteiger partial charge on any atom is -0.458 e. The van der Waals surface area contributed by atoms with Gasteiger partial charge in [0.05, 0.1) is 25.3 Å². The molecule has 1 saturated heterocycles. The van der Waals surface area contributed by atoms with E-state index in [2.05, 4.69) is 73.8 Å². The number of nitrogens with zero attached hydrogens (tertiary/aromatic N) is 2. The molecular weight excluding hydrogens is 1240 g/mol. The molecule has 2 aromatic carbocycles. The third kappa shape index (κ3) is 23.7. The number of likely N-dealkylation sites (N-methyl/N-ethyl adjacent to an activating group) is 1. The summed E-state index contributed by atoms with van der Waals surface area (Å²) in [7, 11) is 1.62. The summed E-state index contributed by atoms with van der Waals surface area (Å²) >= 11 is 0. The summed E-state index contributed by atoms with van der Waals surface area (Å²) in [6.07, 6.45) is 0.0697. The fourth-order valence-electron chi connectivity index (χ4n) is 10.6. The van der Waals surface area contributed by atoms with Gasteiger partial charge in [-0.1, -0.05) is 136 Å². The predicted octanol–water partition coefficient (Wildman–Crippen LogP) is -2.80. The predicted molar refractivity (Wildman–Crippen MR) is 359 cm³/mol. The molecular formula is C65H103N17O14. The number of rotatable bonds is 34. The zero-order chi connectivity index (χ0) is 71.5. The lowest BCUT2D eigenvalue weighted by molar-refractivity contribution is -0.157. The van der Waals surface area contributed by atoms with E-state index in [9.17, 15) is 63.0 Å². The van der Waals surface area contributed by atoms with Gasteiger partial charge in [-0.3, -0.25) is 52.9 Å². The van der Waals surface area contributed by atoms with Crippen LogP contribution in [0.2, 0.25) is 0 Å². The van der Waals surface area contributed by atoms with Crippen molar-refractivity contribution in [3.05, 3.63) is 60.2 Å². The minimum absolute atomic E-state index is 0.00382. The highest BCUT2D eigenvalue weighted by Crippen LogP contribution is 2.22. The van der Waals surface area contributed by atoms with Crippen molar-refractivity contribution in [2.24, 2.45) is 50.9 Å². The van der Waals surface area contributed by atoms with Crippen LogP contribution in [0.3, 0.4) is 0 Å². The van der Waals surface area contributed by atoms with Crippen LogP contribution in [0.5, 0.6) is 0 Å². The molecule has 532 valence electrons. The molecule has 2 aliphatic rings. The second-order valence-electron chi connectivity index (χ2n) is 24.8. The SMILES string of the molecule is CC[C@H](C)[C@H](NC(=O)[C@@H](Cc1ccc(-c2ccccc2)cc1)NC)C(=O)N[C@@H](CO)C(=O)N[C@H](CCCN=C(N)N)C(=O)N[C@@H](C(=O)N[C@H](C(=O)N[C@@H](CO)C(=O)N[C@H]1C(=O)N[C@@H](C)C(=O)N[C@@H](C[C@H]2CNC(N)=N2)C(=O)N[C@@H]([C@@H](C)CC)C(=O)O[C@H]1C)[C@@H](C)CC)[C@@H](C)CC. The van der Waals surface area contributed by atoms with Gasteiger partial charge in [-0.2, -0.15) is 0 Å². The second kappa shape index (κ2) is 39.2. The first kappa shape index (κ1) is 79.5. The maximum absolute atomic E-state index is 14.6. The Morgan fingerprint density at radius 3 is 1.62 bits per heavy atom. The fraction of sp³-hybridized carbons (Fsp3) is 0.615. The van der Waals surface area contributed by atoms with Gasteiger partial charge in [0.1, 0.15) is 66.5 Å². The molecule has 2 aliphatic heterocycles. The third-order valence-electron chi connectivity index (χ3n) is 17.6. The number of esters is 1. The van der Waals surface area contributed by atoms with E-state index in [-0.39, 0.29) is 57.1 Å². The van der Waals surface area contributed by atoms with Crippen LogP contribution in [-0.4, -0.2) is 199 Å². The van der Waals surface area contributed by atoms with Crippen LogP contribution in [-0.2, 0) is 63.9 Å². The maximum Gasteiger partial charge on any atom is 0.329 e. The normalized spacial score (nSPS) is 21.7. The summed E-state index contributed by atoms with van der Waals surface area (Å²) in [5.74, 6) is -12.1. The summed E-state index contributed by atoms with van der Waals surface area (Å²) in [5.41, 5.74) is 19.8. The fourth-order valence-corrected chi connectivity index (χ4v) is 10.6. The molecule has 0 aliphatic carbocycles. The van der Waals surface area contributed by atoms with Crippen LogP contribution in [0.4, 0.5) is 0 Å². The van der Waals surface area contributed by atoms with E-state index in [4.69, 9.17) is 21.9 Å². The Hall–Kier alpha value is -8.97. The van der Waals surface area contributed by atoms with Crippen molar-refractivity contribution in [1.82, 2.24) is 63.8 Å². The number of hydrogen-bond donors (Lipinski definition) is 17. The highest BCUT2D eigenvalue weighted by Gasteiger charge is 2.41. The van der Waals surface area contributed by atoms with Crippen LogP contribution in [0.15, 0.2) is 64.6 Å². The van der Waals surface area contributed by atoms with Crippen LogP contribution < -0.4 is 81.0 Å². The quantitative estimate of drug-likeness (QED) is 0.0146. The maximum atomic E-state index is 14.6. The Balaban J connectivity index is 1.52. The first-order valence-corrected chi connectivity index (χ1v) is 32.9. The van der Waals surface area contributed by atoms with E-state index < -0.39 is 181 Å². The number of nitrogens with one attached hydrogen (secondary N) is 12. The number of carbonyl (C=O) groups is 11. The molecule has 4 rings (SSSR count). The molecule has 10 amide bonds. The number of carbonyl (C=O) groups excluding carboxylic acids is 11. The van der Waals surface area contributed by atoms with Gasteiger partial charge in [0.25, 0.3) is 0 Å². The van der Waals surface area contributed by atoms with Gasteiger partial charge in [-0.15, -0.1) is 0 Å². The number of benzene rings is 2. The molecule has 17 atom stereocenters. The van der Waals surface area contributed by atoms with E-state index in [1.807, 2.05) is 61.5 Å². The number of aliphatic hydroxyl groups excluding tert-OH is 2. The van der Waals surface area contributed by atoms with Crippen molar-refractivity contribution >= 4 is 77.0 Å². The van der Waals surface area contributed by atoms with Crippen molar-refractivity contribution in [1.29, 1.82) is 0 Å². The van der Waals surface area contributed by atoms with Crippen molar-refractivity contribution < 1.29 is 67.7 Å². The molecule has 31 heteroatoms. The lowest BCUT2D eigenvalue weighted by Gasteiger charge is -2.31. The van der Waals surface area contributed by atoms with Crippen molar-refractivity contribution in [3.63, 3.8) is 0 Å². The number of hydrogen-bond acceptors (Lipinski definition) is 19. The summed E-state index contributed by atoms with van der Waals surface area (Å²) in [6, 6.07) is 1.65. The number of amides is 10. The topological polar surface area (TPSA) is 485 Å². The van der Waals surface area contributed by atoms with Gasteiger partial charge in [-0.05, 0) is 80.5 Å². The van der Waals surface area contributed by atoms with E-state index in [0.717, 1.165) is 16.7 Å². The third-order valence-corrected chi connectivity index (χ3v) is 17.6. The Kier molecular flexibility index (Phi) is 32.4. The molecule has 96 heavy (non-hydrogen) atoms. The lowest BCUT2D eigenvalue weighted by Crippen LogP contribution is -2.63. The standard InChI is InChI=1S/C65H103N17O14/c1-12-33(5)48(79-55(87)44(69-11)28-39-23-25-41(26-24-39)40-20-17-16-18-21-40)59(91)76-46(31-83)57(89)74-43(22-19-27-70-64(66)67)54(86)78-50(35(7)14-3)61(93)80-49(34(6)13-2)60(92)77-47(32-84)58(90)82-52-38(10)96-63(95)51(36(8)15-4)81-56(88)45(29-42-30-71-65(68)73-42)75-53(85)37(9)72-62(52)94/h16-18,20-21,23-26,33-38,42-52,69,83-84H,12-15,19,22,27-32H2,1-11H3,(H,72,94)(H,74,89)(H,75,85)(H,76,91)(H,77,92)(H,78,86)(H,79,87)(H,80,93)(H,81,88)(H,82,90)(H4,66,67,70)(H3,68,71,73)/t33-,34-,35-,36-,37-,38-,42-,43+,44+,45-,46-,47-,48-,49-,50+,51-,52+/m0/s1. The van der Waals surface area contributed by atoms with Gasteiger partial charge >= 0.3 is 5.97 Å². The Morgan fingerprint density at radius 2 is 1.12 bits per heavy atom. The number of guanidine groups is 2. The van der Waals surface area contributed by atoms with Crippen LogP contribution in [0.1, 0.15) is 120 Å². The number of aliphatic imine (C=N–C) groups is 2. The van der Waals surface area contributed by atoms with Gasteiger partial charge < -0.3 is 96.0 Å². The van der Waals surface area contributed by atoms with E-state index in [1.165, 1.54) is 13.8 Å². The molecule has 0 saturated carbocycles. The van der Waals surface area contributed by atoms with Crippen LogP contribution in [0.25, 0.3) is 11.1 Å². The lowest BCUT2D eigenvalue weighted by atomic mass is 9.94. The van der Waals surface area contributed by atoms with Crippen LogP contribution >= 0.6 is 0 Å². The van der Waals surface area contributed by atoms with Crippen molar-refractivity contribution in [2.45, 2.75) is 199 Å². The molecule has 0 unspecified atom stereocenters. The van der Waals surface area contributed by atoms with E-state index in [0.29, 0.717) is 19.3 Å². The van der Waals surface area contributed by atoms with E-state index >= 15 is 0 Å². The molecule has 0 spiro atoms. The second-order valence-corrected chi connectivity index (χ2v) is 24.8. The summed E-state index contributed by atoms with van der Waals surface area (Å²) in [4.78, 5) is 163. The monoisotopic (exact) mass is 1350 g/mol. The molecule has 0 aromatic heterocycles. The van der Waals surface area contributed by atoms with E-state index in [1.54, 1.807) is 55.5 Å². The summed E-state index contributed by atoms with van der Waals surface area (Å²) < 4.78 is 5.75. The zero-order valence-corrected chi connectivity index (χ0v) is 56.9. The Bertz CT molecular complexity index is 3030. The average Bonchev–Trinajstić information content (AvgIpc) is 1.33. The van der Waals surface area contributed by atoms with Crippen molar-refractivity contribution in [2.75, 3.05) is 33.4 Å². The first-order chi connectivity index (χ1) is 45.5. The van der Waals surface area contributed by atoms with Crippen LogP contribution in [0, 0.1) is 23.7 Å². The molecule has 0 bridgehead atoms. The smallest absolute Gasteiger partial charge is 0.329 e. The number of nitrogens with two attached hydrogens (primary N) is 3. The minimum atomic E-state index is -1.82. The Morgan fingerprint density at radius 1 is 0.625 bits per heavy atom. The van der Waals surface area contributed by atoms with Gasteiger partial charge in [0.2, 0.25) is 59.1 Å². The van der Waals surface area contributed by atoms with Gasteiger partial charge in [0, 0.05) is 19.5 Å². The average molecular weight is 1350 g/mol. The molecule has 1 fully saturated rings. The summed E-state index contributed by atoms with van der Waals surface area (Å²) in [6.45, 7) is 14.6. The largest absolute Gasteiger partial charge is 0.458 e. The highest BCUT2D eigenvalue weighted by atomic mass is 16.5. The molecule has 31 nitrogen and oxygen atoms in total. The van der Waals surface area contributed by atoms with Gasteiger partial charge in [0.15, 0.2) is 11.9 Å². The summed E-state index contributed by atoms with van der Waals surface area (Å²) in [5, 5.41) is 53.0. The number of cyclic esters (lactones) is 1.